The highest BCUT2D eigenvalue weighted by atomic mass is 16.6. The monoisotopic (exact) mass is 264 g/mol. The Morgan fingerprint density at radius 2 is 1.26 bits per heavy atom. The first-order valence-corrected chi connectivity index (χ1v) is 8.19. The van der Waals surface area contributed by atoms with Crippen molar-refractivity contribution >= 4 is 5.97 Å². The summed E-state index contributed by atoms with van der Waals surface area (Å²) in [7, 11) is 0. The van der Waals surface area contributed by atoms with E-state index in [1.54, 1.807) is 0 Å². The standard InChI is InChI=1S/C17H28O2/c1-14-15-12-10-8-6-4-2-3-5-7-9-11-13-16(15)19-17(14)18/h15-16H,1-13H2/t15-,16-/m0/s1. The van der Waals surface area contributed by atoms with Crippen LogP contribution in [0.1, 0.15) is 77.0 Å². The van der Waals surface area contributed by atoms with Crippen LogP contribution in [0.25, 0.3) is 0 Å². The van der Waals surface area contributed by atoms with Crippen molar-refractivity contribution in [3.05, 3.63) is 12.2 Å². The molecule has 0 aromatic rings. The molecule has 19 heavy (non-hydrogen) atoms. The maximum atomic E-state index is 11.7. The highest BCUT2D eigenvalue weighted by molar-refractivity contribution is 5.90. The van der Waals surface area contributed by atoms with Crippen LogP contribution in [-0.4, -0.2) is 12.1 Å². The number of carbonyl (C=O) groups is 1. The molecule has 2 aliphatic rings. The first-order chi connectivity index (χ1) is 9.29. The summed E-state index contributed by atoms with van der Waals surface area (Å²) in [6.45, 7) is 3.95. The molecule has 108 valence electrons. The fourth-order valence-electron chi connectivity index (χ4n) is 3.42. The molecule has 2 nitrogen and oxygen atoms in total. The summed E-state index contributed by atoms with van der Waals surface area (Å²) in [6, 6.07) is 0. The van der Waals surface area contributed by atoms with Gasteiger partial charge in [0.1, 0.15) is 6.10 Å². The number of ether oxygens (including phenoxy) is 1. The molecule has 2 heteroatoms. The summed E-state index contributed by atoms with van der Waals surface area (Å²) in [4.78, 5) is 11.7. The van der Waals surface area contributed by atoms with E-state index in [1.165, 1.54) is 64.2 Å². The van der Waals surface area contributed by atoms with Crippen molar-refractivity contribution in [2.75, 3.05) is 0 Å². The van der Waals surface area contributed by atoms with Crippen molar-refractivity contribution < 1.29 is 9.53 Å². The van der Waals surface area contributed by atoms with Gasteiger partial charge >= 0.3 is 5.97 Å². The van der Waals surface area contributed by atoms with Gasteiger partial charge in [-0.25, -0.2) is 4.79 Å². The number of fused-ring (bicyclic) bond motifs is 1. The van der Waals surface area contributed by atoms with Crippen molar-refractivity contribution in [2.24, 2.45) is 5.92 Å². The van der Waals surface area contributed by atoms with Crippen LogP contribution in [0.3, 0.4) is 0 Å². The van der Waals surface area contributed by atoms with Crippen molar-refractivity contribution in [1.29, 1.82) is 0 Å². The smallest absolute Gasteiger partial charge is 0.334 e. The van der Waals surface area contributed by atoms with Crippen LogP contribution in [0.5, 0.6) is 0 Å². The lowest BCUT2D eigenvalue weighted by Crippen LogP contribution is -2.16. The topological polar surface area (TPSA) is 26.3 Å². The molecule has 0 spiro atoms. The molecule has 2 fully saturated rings. The average Bonchev–Trinajstić information content (AvgIpc) is 2.67. The molecule has 0 aromatic carbocycles. The van der Waals surface area contributed by atoms with Gasteiger partial charge in [0.05, 0.1) is 0 Å². The van der Waals surface area contributed by atoms with Crippen molar-refractivity contribution in [1.82, 2.24) is 0 Å². The van der Waals surface area contributed by atoms with Crippen LogP contribution >= 0.6 is 0 Å². The van der Waals surface area contributed by atoms with Crippen molar-refractivity contribution in [3.63, 3.8) is 0 Å². The van der Waals surface area contributed by atoms with Gasteiger partial charge in [-0.15, -0.1) is 0 Å². The minimum Gasteiger partial charge on any atom is -0.458 e. The second kappa shape index (κ2) is 7.72. The van der Waals surface area contributed by atoms with E-state index in [2.05, 4.69) is 6.58 Å². The van der Waals surface area contributed by atoms with Gasteiger partial charge in [-0.2, -0.15) is 0 Å². The van der Waals surface area contributed by atoms with Gasteiger partial charge in [0.2, 0.25) is 0 Å². The molecular formula is C17H28O2. The van der Waals surface area contributed by atoms with Crippen LogP contribution in [-0.2, 0) is 9.53 Å². The van der Waals surface area contributed by atoms with E-state index in [4.69, 9.17) is 4.74 Å². The maximum absolute atomic E-state index is 11.7. The van der Waals surface area contributed by atoms with E-state index in [9.17, 15) is 4.79 Å². The summed E-state index contributed by atoms with van der Waals surface area (Å²) < 4.78 is 5.50. The molecule has 0 bridgehead atoms. The Labute approximate surface area is 117 Å². The lowest BCUT2D eigenvalue weighted by atomic mass is 9.88. The Kier molecular flexibility index (Phi) is 5.93. The predicted octanol–water partition coefficient (Wildman–Crippen LogP) is 4.78. The first kappa shape index (κ1) is 14.6. The third-order valence-electron chi connectivity index (χ3n) is 4.67. The Bertz CT molecular complexity index is 308. The molecular weight excluding hydrogens is 236 g/mol. The van der Waals surface area contributed by atoms with Crippen LogP contribution in [0.2, 0.25) is 0 Å². The quantitative estimate of drug-likeness (QED) is 0.465. The second-order valence-electron chi connectivity index (χ2n) is 6.19. The van der Waals surface area contributed by atoms with Gasteiger partial charge in [0.25, 0.3) is 0 Å². The molecule has 1 aliphatic carbocycles. The Hall–Kier alpha value is -0.790. The zero-order valence-corrected chi connectivity index (χ0v) is 12.2. The highest BCUT2D eigenvalue weighted by Crippen LogP contribution is 2.34. The molecule has 2 atom stereocenters. The molecule has 2 rings (SSSR count). The highest BCUT2D eigenvalue weighted by Gasteiger charge is 2.37. The van der Waals surface area contributed by atoms with Gasteiger partial charge in [0.15, 0.2) is 0 Å². The molecule has 0 radical (unpaired) electrons. The molecule has 0 unspecified atom stereocenters. The summed E-state index contributed by atoms with van der Waals surface area (Å²) in [5.74, 6) is 0.162. The maximum Gasteiger partial charge on any atom is 0.334 e. The SMILES string of the molecule is C=C1C(=O)O[C@H]2CCCCCCCCCCCC[C@@H]12. The second-order valence-corrected chi connectivity index (χ2v) is 6.19. The Morgan fingerprint density at radius 3 is 1.84 bits per heavy atom. The molecule has 0 N–H and O–H groups in total. The van der Waals surface area contributed by atoms with Crippen LogP contribution in [0.15, 0.2) is 12.2 Å². The van der Waals surface area contributed by atoms with E-state index in [1.807, 2.05) is 0 Å². The van der Waals surface area contributed by atoms with E-state index < -0.39 is 0 Å². The lowest BCUT2D eigenvalue weighted by Gasteiger charge is -2.18. The molecule has 0 amide bonds. The molecule has 1 heterocycles. The molecule has 0 aromatic heterocycles. The predicted molar refractivity (Wildman–Crippen MR) is 77.9 cm³/mol. The minimum atomic E-state index is -0.140. The lowest BCUT2D eigenvalue weighted by molar-refractivity contribution is -0.139. The van der Waals surface area contributed by atoms with Gasteiger partial charge in [-0.3, -0.25) is 0 Å². The van der Waals surface area contributed by atoms with E-state index in [0.717, 1.165) is 18.4 Å². The molecule has 1 aliphatic heterocycles. The van der Waals surface area contributed by atoms with Gasteiger partial charge in [-0.05, 0) is 19.3 Å². The third kappa shape index (κ3) is 4.36. The van der Waals surface area contributed by atoms with Crippen LogP contribution < -0.4 is 0 Å². The van der Waals surface area contributed by atoms with Crippen molar-refractivity contribution in [2.45, 2.75) is 83.2 Å². The molecule has 1 saturated heterocycles. The average molecular weight is 264 g/mol. The Morgan fingerprint density at radius 1 is 0.789 bits per heavy atom. The zero-order valence-electron chi connectivity index (χ0n) is 12.2. The van der Waals surface area contributed by atoms with Crippen LogP contribution in [0, 0.1) is 5.92 Å². The number of hydrogen-bond acceptors (Lipinski definition) is 2. The van der Waals surface area contributed by atoms with E-state index >= 15 is 0 Å². The first-order valence-electron chi connectivity index (χ1n) is 8.19. The van der Waals surface area contributed by atoms with Gasteiger partial charge in [0, 0.05) is 11.5 Å². The van der Waals surface area contributed by atoms with Gasteiger partial charge < -0.3 is 4.74 Å². The van der Waals surface area contributed by atoms with Gasteiger partial charge in [-0.1, -0.05) is 64.4 Å². The van der Waals surface area contributed by atoms with Crippen molar-refractivity contribution in [3.8, 4) is 0 Å². The summed E-state index contributed by atoms with van der Waals surface area (Å²) in [5, 5.41) is 0. The minimum absolute atomic E-state index is 0.128. The zero-order chi connectivity index (χ0) is 13.5. The number of esters is 1. The van der Waals surface area contributed by atoms with E-state index in [0.29, 0.717) is 5.92 Å². The van der Waals surface area contributed by atoms with Crippen LogP contribution in [0.4, 0.5) is 0 Å². The Balaban J connectivity index is 1.87. The summed E-state index contributed by atoms with van der Waals surface area (Å²) in [6.07, 6.45) is 15.5. The number of rotatable bonds is 0. The third-order valence-corrected chi connectivity index (χ3v) is 4.67. The summed E-state index contributed by atoms with van der Waals surface area (Å²) in [5.41, 5.74) is 0.733. The summed E-state index contributed by atoms with van der Waals surface area (Å²) >= 11 is 0. The molecule has 1 saturated carbocycles. The van der Waals surface area contributed by atoms with E-state index in [-0.39, 0.29) is 12.1 Å². The fraction of sp³-hybridized carbons (Fsp3) is 0.824. The number of carbonyl (C=O) groups excluding carboxylic acids is 1. The largest absolute Gasteiger partial charge is 0.458 e. The fourth-order valence-corrected chi connectivity index (χ4v) is 3.42. The normalized spacial score (nSPS) is 31.4. The number of hydrogen-bond donors (Lipinski definition) is 0.